The number of carbonyl (C=O) groups is 4. The zero-order valence-corrected chi connectivity index (χ0v) is 20.8. The van der Waals surface area contributed by atoms with Gasteiger partial charge in [-0.3, -0.25) is 14.4 Å². The minimum Gasteiger partial charge on any atom is -0.456 e. The summed E-state index contributed by atoms with van der Waals surface area (Å²) in [5, 5.41) is 25.0. The molecule has 4 rings (SSSR count). The van der Waals surface area contributed by atoms with Crippen LogP contribution in [0.3, 0.4) is 0 Å². The molecule has 1 saturated heterocycles. The first-order valence-electron chi connectivity index (χ1n) is 12.2. The maximum atomic E-state index is 13.4. The number of hydrogen-bond acceptors (Lipinski definition) is 7. The SMILES string of the molecule is CCC1/C=C\C(O)C(C)OC(=O)/C(C)=C\C2C(=O)NC3=CC(=O)c4c(cc(C)cc4C32O)C(=O)CC1. The number of nitrogens with one attached hydrogen (secondary N) is 1. The van der Waals surface area contributed by atoms with Crippen LogP contribution in [-0.4, -0.2) is 45.9 Å². The number of rotatable bonds is 1. The third-order valence-electron chi connectivity index (χ3n) is 7.28. The number of aliphatic hydroxyl groups is 2. The predicted octanol–water partition coefficient (Wildman–Crippen LogP) is 2.81. The van der Waals surface area contributed by atoms with E-state index in [0.717, 1.165) is 12.5 Å². The number of ether oxygens (including phenoxy) is 1. The number of allylic oxidation sites excluding steroid dienone is 2. The van der Waals surface area contributed by atoms with Crippen molar-refractivity contribution < 1.29 is 34.1 Å². The van der Waals surface area contributed by atoms with Gasteiger partial charge in [0.15, 0.2) is 11.6 Å². The van der Waals surface area contributed by atoms with Crippen LogP contribution in [0.25, 0.3) is 0 Å². The van der Waals surface area contributed by atoms with E-state index in [9.17, 15) is 29.4 Å². The highest BCUT2D eigenvalue weighted by Gasteiger charge is 2.55. The Labute approximate surface area is 209 Å². The molecule has 0 radical (unpaired) electrons. The minimum absolute atomic E-state index is 0.00775. The summed E-state index contributed by atoms with van der Waals surface area (Å²) in [6, 6.07) is 3.24. The average Bonchev–Trinajstić information content (AvgIpc) is 3.07. The van der Waals surface area contributed by atoms with E-state index in [4.69, 9.17) is 4.74 Å². The monoisotopic (exact) mass is 493 g/mol. The van der Waals surface area contributed by atoms with Crippen LogP contribution in [0.5, 0.6) is 0 Å². The zero-order chi connectivity index (χ0) is 26.4. The standard InChI is InChI=1S/C28H31NO7/c1-5-17-6-8-21(30)16(4)36-27(34)15(3)12-20-26(33)29-24-13-23(32)25-18(22(31)9-7-17)10-14(2)11-19(25)28(20,24)35/h6,8,10-13,16-17,20-21,30,35H,5,7,9H2,1-4H3,(H,29,33)/b8-6-,15-12-. The van der Waals surface area contributed by atoms with E-state index in [0.29, 0.717) is 12.0 Å². The van der Waals surface area contributed by atoms with E-state index in [1.54, 1.807) is 32.1 Å². The Kier molecular flexibility index (Phi) is 6.86. The van der Waals surface area contributed by atoms with Crippen LogP contribution in [0.15, 0.2) is 47.7 Å². The summed E-state index contributed by atoms with van der Waals surface area (Å²) in [7, 11) is 0. The van der Waals surface area contributed by atoms with E-state index in [1.165, 1.54) is 13.0 Å². The Hall–Kier alpha value is -3.36. The molecule has 8 nitrogen and oxygen atoms in total. The first-order valence-corrected chi connectivity index (χ1v) is 12.2. The summed E-state index contributed by atoms with van der Waals surface area (Å²) >= 11 is 0. The number of Topliss-reactive ketones (excluding diaryl/α,β-unsaturated/α-hetero) is 1. The highest BCUT2D eigenvalue weighted by molar-refractivity contribution is 6.16. The molecule has 1 amide bonds. The maximum Gasteiger partial charge on any atom is 0.333 e. The molecule has 36 heavy (non-hydrogen) atoms. The molecule has 2 aliphatic heterocycles. The smallest absolute Gasteiger partial charge is 0.333 e. The van der Waals surface area contributed by atoms with Gasteiger partial charge in [0.2, 0.25) is 5.91 Å². The van der Waals surface area contributed by atoms with Gasteiger partial charge in [0.25, 0.3) is 0 Å². The summed E-state index contributed by atoms with van der Waals surface area (Å²) < 4.78 is 5.40. The third kappa shape index (κ3) is 4.35. The van der Waals surface area contributed by atoms with Crippen molar-refractivity contribution in [2.75, 3.05) is 0 Å². The lowest BCUT2D eigenvalue weighted by Crippen LogP contribution is -2.39. The van der Waals surface area contributed by atoms with Crippen molar-refractivity contribution in [1.29, 1.82) is 0 Å². The van der Waals surface area contributed by atoms with Crippen molar-refractivity contribution in [2.45, 2.75) is 64.8 Å². The first-order chi connectivity index (χ1) is 17.0. The van der Waals surface area contributed by atoms with E-state index < -0.39 is 41.4 Å². The van der Waals surface area contributed by atoms with Crippen LogP contribution in [-0.2, 0) is 19.9 Å². The molecule has 0 saturated carbocycles. The van der Waals surface area contributed by atoms with E-state index in [1.807, 2.05) is 13.0 Å². The van der Waals surface area contributed by atoms with Crippen molar-refractivity contribution in [3.05, 3.63) is 70.0 Å². The number of amides is 1. The van der Waals surface area contributed by atoms with Crippen molar-refractivity contribution in [2.24, 2.45) is 11.8 Å². The highest BCUT2D eigenvalue weighted by atomic mass is 16.6. The number of hydrogen-bond donors (Lipinski definition) is 3. The normalized spacial score (nSPS) is 33.2. The van der Waals surface area contributed by atoms with Crippen LogP contribution in [0, 0.1) is 18.8 Å². The third-order valence-corrected chi connectivity index (χ3v) is 7.28. The number of benzene rings is 1. The molecule has 1 aromatic carbocycles. The van der Waals surface area contributed by atoms with Gasteiger partial charge in [-0.1, -0.05) is 31.2 Å². The molecule has 5 unspecified atom stereocenters. The molecule has 1 fully saturated rings. The van der Waals surface area contributed by atoms with Gasteiger partial charge < -0.3 is 20.3 Å². The fraction of sp³-hybridized carbons (Fsp3) is 0.429. The fourth-order valence-electron chi connectivity index (χ4n) is 5.06. The lowest BCUT2D eigenvalue weighted by molar-refractivity contribution is -0.147. The summed E-state index contributed by atoms with van der Waals surface area (Å²) in [5.74, 6) is -3.31. The van der Waals surface area contributed by atoms with Gasteiger partial charge in [0, 0.05) is 34.8 Å². The second-order valence-corrected chi connectivity index (χ2v) is 9.86. The zero-order valence-electron chi connectivity index (χ0n) is 20.8. The highest BCUT2D eigenvalue weighted by Crippen LogP contribution is 2.47. The predicted molar refractivity (Wildman–Crippen MR) is 131 cm³/mol. The second-order valence-electron chi connectivity index (χ2n) is 9.86. The summed E-state index contributed by atoms with van der Waals surface area (Å²) in [5.41, 5.74) is -0.805. The molecule has 5 atom stereocenters. The molecule has 190 valence electrons. The Morgan fingerprint density at radius 3 is 2.56 bits per heavy atom. The Morgan fingerprint density at radius 2 is 1.86 bits per heavy atom. The molecular weight excluding hydrogens is 462 g/mol. The van der Waals surface area contributed by atoms with Crippen LogP contribution < -0.4 is 5.32 Å². The van der Waals surface area contributed by atoms with Crippen LogP contribution >= 0.6 is 0 Å². The summed E-state index contributed by atoms with van der Waals surface area (Å²) in [4.78, 5) is 52.2. The van der Waals surface area contributed by atoms with Crippen molar-refractivity contribution in [3.63, 3.8) is 0 Å². The van der Waals surface area contributed by atoms with E-state index in [-0.39, 0.29) is 46.1 Å². The lowest BCUT2D eigenvalue weighted by Gasteiger charge is -2.33. The average molecular weight is 494 g/mol. The molecule has 4 bridgehead atoms. The molecule has 8 heteroatoms. The van der Waals surface area contributed by atoms with Crippen molar-refractivity contribution in [1.82, 2.24) is 5.32 Å². The van der Waals surface area contributed by atoms with Crippen LogP contribution in [0.1, 0.15) is 71.9 Å². The molecule has 0 spiro atoms. The Balaban J connectivity index is 1.91. The molecule has 3 N–H and O–H groups in total. The number of carbonyl (C=O) groups excluding carboxylic acids is 4. The maximum absolute atomic E-state index is 13.4. The van der Waals surface area contributed by atoms with Crippen LogP contribution in [0.2, 0.25) is 0 Å². The van der Waals surface area contributed by atoms with Crippen molar-refractivity contribution >= 4 is 23.4 Å². The van der Waals surface area contributed by atoms with Gasteiger partial charge >= 0.3 is 5.97 Å². The summed E-state index contributed by atoms with van der Waals surface area (Å²) in [6.45, 7) is 6.74. The van der Waals surface area contributed by atoms with Gasteiger partial charge in [-0.15, -0.1) is 0 Å². The van der Waals surface area contributed by atoms with E-state index in [2.05, 4.69) is 5.32 Å². The van der Waals surface area contributed by atoms with Gasteiger partial charge in [-0.05, 0) is 51.2 Å². The number of esters is 1. The van der Waals surface area contributed by atoms with Crippen molar-refractivity contribution in [3.8, 4) is 0 Å². The fourth-order valence-corrected chi connectivity index (χ4v) is 5.06. The van der Waals surface area contributed by atoms with Gasteiger partial charge in [0.05, 0.1) is 11.6 Å². The lowest BCUT2D eigenvalue weighted by atomic mass is 9.72. The molecule has 3 aliphatic rings. The van der Waals surface area contributed by atoms with E-state index >= 15 is 0 Å². The number of ketones is 2. The largest absolute Gasteiger partial charge is 0.456 e. The summed E-state index contributed by atoms with van der Waals surface area (Å²) in [6.07, 6.45) is 5.26. The van der Waals surface area contributed by atoms with Gasteiger partial charge in [-0.2, -0.15) is 0 Å². The minimum atomic E-state index is -1.96. The van der Waals surface area contributed by atoms with Gasteiger partial charge in [0.1, 0.15) is 17.8 Å². The molecule has 1 aromatic rings. The van der Waals surface area contributed by atoms with Gasteiger partial charge in [-0.25, -0.2) is 4.79 Å². The molecule has 2 heterocycles. The molecular formula is C28H31NO7. The first kappa shape index (κ1) is 25.7. The molecule has 1 aliphatic carbocycles. The second kappa shape index (κ2) is 9.59. The number of aryl methyl sites for hydroxylation is 1. The topological polar surface area (TPSA) is 130 Å². The number of cyclic esters (lactones) is 1. The quantitative estimate of drug-likeness (QED) is 0.405. The van der Waals surface area contributed by atoms with Crippen LogP contribution in [0.4, 0.5) is 0 Å². The Morgan fingerprint density at radius 1 is 1.14 bits per heavy atom. The number of aliphatic hydroxyl groups excluding tert-OH is 1. The molecule has 0 aromatic heterocycles. The Bertz CT molecular complexity index is 1240.